The van der Waals surface area contributed by atoms with Crippen LogP contribution in [-0.2, 0) is 11.3 Å². The molecule has 29 heavy (non-hydrogen) atoms. The lowest BCUT2D eigenvalue weighted by Gasteiger charge is -2.32. The summed E-state index contributed by atoms with van der Waals surface area (Å²) in [5.74, 6) is 0.570. The summed E-state index contributed by atoms with van der Waals surface area (Å²) in [5, 5.41) is 4.20. The van der Waals surface area contributed by atoms with Gasteiger partial charge in [0.2, 0.25) is 0 Å². The van der Waals surface area contributed by atoms with E-state index in [0.29, 0.717) is 5.92 Å². The molecule has 1 aromatic carbocycles. The summed E-state index contributed by atoms with van der Waals surface area (Å²) in [5.41, 5.74) is 3.26. The Kier molecular flexibility index (Phi) is 5.12. The summed E-state index contributed by atoms with van der Waals surface area (Å²) in [6.45, 7) is 3.95. The van der Waals surface area contributed by atoms with Crippen molar-refractivity contribution in [2.24, 2.45) is 5.92 Å². The number of hydrogen-bond acceptors (Lipinski definition) is 4. The fourth-order valence-corrected chi connectivity index (χ4v) is 5.12. The second-order valence-corrected chi connectivity index (χ2v) is 8.83. The van der Waals surface area contributed by atoms with Crippen LogP contribution in [-0.4, -0.2) is 39.8 Å². The number of thioether (sulfide) groups is 1. The number of carbonyl (C=O) groups is 1. The van der Waals surface area contributed by atoms with Gasteiger partial charge < -0.3 is 5.32 Å². The van der Waals surface area contributed by atoms with Crippen molar-refractivity contribution in [3.8, 4) is 0 Å². The largest absolute Gasteiger partial charge is 0.351 e. The molecule has 2 aliphatic rings. The normalized spacial score (nSPS) is 17.3. The Morgan fingerprint density at radius 3 is 2.76 bits per heavy atom. The van der Waals surface area contributed by atoms with E-state index in [1.165, 1.54) is 17.3 Å². The van der Waals surface area contributed by atoms with Gasteiger partial charge in [-0.1, -0.05) is 48.2 Å². The highest BCUT2D eigenvalue weighted by molar-refractivity contribution is 8.04. The van der Waals surface area contributed by atoms with Crippen LogP contribution < -0.4 is 5.32 Å². The van der Waals surface area contributed by atoms with Crippen LogP contribution in [0.2, 0.25) is 0 Å². The second kappa shape index (κ2) is 8.05. The number of likely N-dealkylation sites (tertiary alicyclic amines) is 1. The number of benzene rings is 1. The van der Waals surface area contributed by atoms with Crippen molar-refractivity contribution >= 4 is 29.4 Å². The lowest BCUT2D eigenvalue weighted by molar-refractivity contribution is -0.117. The van der Waals surface area contributed by atoms with Gasteiger partial charge in [0, 0.05) is 13.1 Å². The van der Waals surface area contributed by atoms with Gasteiger partial charge in [0.1, 0.15) is 5.65 Å². The molecular weight excluding hydrogens is 380 g/mol. The van der Waals surface area contributed by atoms with Gasteiger partial charge in [0.15, 0.2) is 0 Å². The van der Waals surface area contributed by atoms with Gasteiger partial charge in [0.05, 0.1) is 21.8 Å². The molecule has 2 aromatic heterocycles. The summed E-state index contributed by atoms with van der Waals surface area (Å²) in [6, 6.07) is 16.6. The predicted molar refractivity (Wildman–Crippen MR) is 116 cm³/mol. The summed E-state index contributed by atoms with van der Waals surface area (Å²) < 4.78 is 2.09. The van der Waals surface area contributed by atoms with E-state index >= 15 is 0 Å². The first kappa shape index (κ1) is 18.5. The van der Waals surface area contributed by atoms with Crippen molar-refractivity contribution in [2.45, 2.75) is 24.4 Å². The second-order valence-electron chi connectivity index (χ2n) is 7.77. The molecule has 0 unspecified atom stereocenters. The van der Waals surface area contributed by atoms with Crippen LogP contribution in [0.15, 0.2) is 64.7 Å². The molecule has 1 amide bonds. The molecule has 0 radical (unpaired) electrons. The Morgan fingerprint density at radius 2 is 1.93 bits per heavy atom. The molecule has 4 heterocycles. The molecule has 3 aromatic rings. The van der Waals surface area contributed by atoms with Crippen molar-refractivity contribution in [3.05, 3.63) is 70.9 Å². The Labute approximate surface area is 174 Å². The van der Waals surface area contributed by atoms with Crippen LogP contribution in [0.3, 0.4) is 0 Å². The molecule has 0 atom stereocenters. The Hall–Kier alpha value is -2.57. The molecule has 0 bridgehead atoms. The van der Waals surface area contributed by atoms with Crippen molar-refractivity contribution in [1.82, 2.24) is 19.6 Å². The first-order chi connectivity index (χ1) is 14.3. The van der Waals surface area contributed by atoms with E-state index in [-0.39, 0.29) is 5.91 Å². The lowest BCUT2D eigenvalue weighted by Crippen LogP contribution is -2.38. The highest BCUT2D eigenvalue weighted by Crippen LogP contribution is 2.34. The maximum atomic E-state index is 12.8. The number of hydrogen-bond donors (Lipinski definition) is 1. The van der Waals surface area contributed by atoms with Crippen LogP contribution in [0.25, 0.3) is 11.7 Å². The van der Waals surface area contributed by atoms with Gasteiger partial charge in [-0.2, -0.15) is 0 Å². The van der Waals surface area contributed by atoms with Crippen molar-refractivity contribution in [1.29, 1.82) is 0 Å². The minimum atomic E-state index is 0.0196. The van der Waals surface area contributed by atoms with Crippen molar-refractivity contribution in [2.75, 3.05) is 19.6 Å². The highest BCUT2D eigenvalue weighted by Gasteiger charge is 2.23. The van der Waals surface area contributed by atoms with Gasteiger partial charge in [-0.3, -0.25) is 14.1 Å². The van der Waals surface area contributed by atoms with Crippen LogP contribution in [0, 0.1) is 5.92 Å². The first-order valence-electron chi connectivity index (χ1n) is 10.2. The molecular formula is C23H24N4OS. The monoisotopic (exact) mass is 404 g/mol. The quantitative estimate of drug-likeness (QED) is 0.703. The van der Waals surface area contributed by atoms with Gasteiger partial charge in [0.25, 0.3) is 5.91 Å². The van der Waals surface area contributed by atoms with E-state index in [0.717, 1.165) is 60.3 Å². The van der Waals surface area contributed by atoms with E-state index in [9.17, 15) is 4.79 Å². The molecule has 148 valence electrons. The topological polar surface area (TPSA) is 49.6 Å². The number of imidazole rings is 1. The Morgan fingerprint density at radius 1 is 1.10 bits per heavy atom. The molecule has 2 aliphatic heterocycles. The average Bonchev–Trinajstić information content (AvgIpc) is 3.18. The number of aromatic nitrogens is 2. The fourth-order valence-electron chi connectivity index (χ4n) is 4.11. The molecule has 1 saturated heterocycles. The Balaban J connectivity index is 1.14. The van der Waals surface area contributed by atoms with Crippen molar-refractivity contribution in [3.63, 3.8) is 0 Å². The van der Waals surface area contributed by atoms with E-state index < -0.39 is 0 Å². The van der Waals surface area contributed by atoms with Crippen LogP contribution in [0.1, 0.15) is 24.1 Å². The van der Waals surface area contributed by atoms with E-state index in [1.54, 1.807) is 0 Å². The van der Waals surface area contributed by atoms with Crippen LogP contribution in [0.5, 0.6) is 0 Å². The zero-order chi connectivity index (χ0) is 19.6. The number of amides is 1. The van der Waals surface area contributed by atoms with E-state index in [1.807, 2.05) is 30.5 Å². The molecule has 6 heteroatoms. The minimum absolute atomic E-state index is 0.0196. The lowest BCUT2D eigenvalue weighted by atomic mass is 9.96. The number of nitrogens with one attached hydrogen (secondary N) is 1. The maximum absolute atomic E-state index is 12.8. The number of carbonyl (C=O) groups excluding carboxylic acids is 1. The number of piperidine rings is 1. The zero-order valence-corrected chi connectivity index (χ0v) is 17.1. The Bertz CT molecular complexity index is 1050. The number of pyridine rings is 1. The van der Waals surface area contributed by atoms with E-state index in [4.69, 9.17) is 0 Å². The van der Waals surface area contributed by atoms with E-state index in [2.05, 4.69) is 49.9 Å². The van der Waals surface area contributed by atoms with Gasteiger partial charge in [-0.05, 0) is 55.6 Å². The summed E-state index contributed by atoms with van der Waals surface area (Å²) >= 11 is 1.51. The molecule has 5 rings (SSSR count). The van der Waals surface area contributed by atoms with Crippen LogP contribution in [0.4, 0.5) is 0 Å². The third kappa shape index (κ3) is 3.95. The molecule has 1 N–H and O–H groups in total. The van der Waals surface area contributed by atoms with Gasteiger partial charge in [-0.25, -0.2) is 4.98 Å². The zero-order valence-electron chi connectivity index (χ0n) is 16.3. The average molecular weight is 405 g/mol. The first-order valence-corrected chi connectivity index (χ1v) is 11.0. The molecule has 0 spiro atoms. The third-order valence-electron chi connectivity index (χ3n) is 5.75. The fraction of sp³-hybridized carbons (Fsp3) is 0.304. The SMILES string of the molecule is O=C(NCC1CCN(Cc2ccccc2)CC1)C1=Cc2cnc3cccc(n23)S1. The summed E-state index contributed by atoms with van der Waals surface area (Å²) in [6.07, 6.45) is 6.03. The van der Waals surface area contributed by atoms with Crippen molar-refractivity contribution < 1.29 is 4.79 Å². The predicted octanol–water partition coefficient (Wildman–Crippen LogP) is 3.81. The summed E-state index contributed by atoms with van der Waals surface area (Å²) in [7, 11) is 0. The highest BCUT2D eigenvalue weighted by atomic mass is 32.2. The smallest absolute Gasteiger partial charge is 0.258 e. The summed E-state index contributed by atoms with van der Waals surface area (Å²) in [4.78, 5) is 20.4. The molecule has 0 saturated carbocycles. The molecule has 1 fully saturated rings. The maximum Gasteiger partial charge on any atom is 0.258 e. The molecule has 0 aliphatic carbocycles. The number of rotatable bonds is 5. The minimum Gasteiger partial charge on any atom is -0.351 e. The molecule has 5 nitrogen and oxygen atoms in total. The van der Waals surface area contributed by atoms with Gasteiger partial charge in [-0.15, -0.1) is 0 Å². The van der Waals surface area contributed by atoms with Crippen LogP contribution >= 0.6 is 11.8 Å². The number of nitrogens with zero attached hydrogens (tertiary/aromatic N) is 3. The standard InChI is InChI=1S/C23H24N4OS/c28-23(20-13-19-15-24-21-7-4-8-22(29-20)27(19)21)25-14-17-9-11-26(12-10-17)16-18-5-2-1-3-6-18/h1-8,13,15,17H,9-12,14,16H2,(H,25,28). The third-order valence-corrected chi connectivity index (χ3v) is 6.80. The van der Waals surface area contributed by atoms with Gasteiger partial charge >= 0.3 is 0 Å².